The van der Waals surface area contributed by atoms with E-state index in [2.05, 4.69) is 4.90 Å². The van der Waals surface area contributed by atoms with E-state index >= 15 is 0 Å². The second kappa shape index (κ2) is 6.26. The Balaban J connectivity index is 1.72. The number of nitrogens with zero attached hydrogens (tertiary/aromatic N) is 3. The molecular weight excluding hydrogens is 334 g/mol. The molecule has 1 aromatic carbocycles. The van der Waals surface area contributed by atoms with Gasteiger partial charge in [0.15, 0.2) is 5.13 Å². The number of fused-ring (bicyclic) bond motifs is 1. The van der Waals surface area contributed by atoms with Crippen LogP contribution in [0.4, 0.5) is 5.13 Å². The highest BCUT2D eigenvalue weighted by Crippen LogP contribution is 2.33. The summed E-state index contributed by atoms with van der Waals surface area (Å²) in [6.45, 7) is 1.64. The van der Waals surface area contributed by atoms with E-state index in [0.717, 1.165) is 47.0 Å². The van der Waals surface area contributed by atoms with Crippen molar-refractivity contribution in [2.24, 2.45) is 0 Å². The van der Waals surface area contributed by atoms with Crippen LogP contribution < -0.4 is 9.64 Å². The van der Waals surface area contributed by atoms with Gasteiger partial charge in [-0.1, -0.05) is 11.3 Å². The lowest BCUT2D eigenvalue weighted by Crippen LogP contribution is -2.45. The molecule has 1 aromatic heterocycles. The molecule has 1 saturated heterocycles. The maximum Gasteiger partial charge on any atom is 0.211 e. The SMILES string of the molecule is COc1ccc2sc(N3CCC(N(C)S(C)(=O)=O)CC3)nc2c1. The summed E-state index contributed by atoms with van der Waals surface area (Å²) in [4.78, 5) is 6.94. The van der Waals surface area contributed by atoms with Crippen LogP contribution in [0.5, 0.6) is 5.75 Å². The smallest absolute Gasteiger partial charge is 0.211 e. The second-order valence-corrected chi connectivity index (χ2v) is 8.88. The molecule has 2 heterocycles. The lowest BCUT2D eigenvalue weighted by molar-refractivity contribution is 0.314. The number of methoxy groups -OCH3 is 1. The van der Waals surface area contributed by atoms with Crippen LogP contribution >= 0.6 is 11.3 Å². The Morgan fingerprint density at radius 2 is 2.04 bits per heavy atom. The lowest BCUT2D eigenvalue weighted by Gasteiger charge is -2.35. The average Bonchev–Trinajstić information content (AvgIpc) is 2.96. The van der Waals surface area contributed by atoms with Crippen molar-refractivity contribution in [2.45, 2.75) is 18.9 Å². The molecule has 126 valence electrons. The highest BCUT2D eigenvalue weighted by molar-refractivity contribution is 7.88. The zero-order valence-corrected chi connectivity index (χ0v) is 15.2. The van der Waals surface area contributed by atoms with Gasteiger partial charge in [-0.05, 0) is 25.0 Å². The van der Waals surface area contributed by atoms with E-state index in [0.29, 0.717) is 0 Å². The predicted molar refractivity (Wildman–Crippen MR) is 94.0 cm³/mol. The Morgan fingerprint density at radius 1 is 1.35 bits per heavy atom. The summed E-state index contributed by atoms with van der Waals surface area (Å²) < 4.78 is 31.2. The van der Waals surface area contributed by atoms with Gasteiger partial charge in [0.1, 0.15) is 5.75 Å². The number of sulfonamides is 1. The normalized spacial score (nSPS) is 17.1. The molecule has 23 heavy (non-hydrogen) atoms. The number of thiazole rings is 1. The molecule has 2 aromatic rings. The van der Waals surface area contributed by atoms with E-state index in [9.17, 15) is 8.42 Å². The molecule has 0 spiro atoms. The summed E-state index contributed by atoms with van der Waals surface area (Å²) >= 11 is 1.67. The van der Waals surface area contributed by atoms with Gasteiger partial charge in [-0.15, -0.1) is 0 Å². The summed E-state index contributed by atoms with van der Waals surface area (Å²) in [5.41, 5.74) is 0.944. The monoisotopic (exact) mass is 355 g/mol. The van der Waals surface area contributed by atoms with Gasteiger partial charge >= 0.3 is 0 Å². The summed E-state index contributed by atoms with van der Waals surface area (Å²) in [5, 5.41) is 0.994. The molecule has 0 N–H and O–H groups in total. The lowest BCUT2D eigenvalue weighted by atomic mass is 10.1. The molecule has 1 aliphatic heterocycles. The average molecular weight is 355 g/mol. The fourth-order valence-corrected chi connectivity index (χ4v) is 4.60. The van der Waals surface area contributed by atoms with E-state index in [4.69, 9.17) is 9.72 Å². The Morgan fingerprint density at radius 3 is 2.65 bits per heavy atom. The van der Waals surface area contributed by atoms with Crippen molar-refractivity contribution >= 4 is 36.7 Å². The van der Waals surface area contributed by atoms with E-state index in [-0.39, 0.29) is 6.04 Å². The first-order valence-corrected chi connectivity index (χ1v) is 10.2. The molecule has 0 amide bonds. The predicted octanol–water partition coefficient (Wildman–Crippen LogP) is 2.17. The molecule has 1 fully saturated rings. The number of rotatable bonds is 4. The van der Waals surface area contributed by atoms with Gasteiger partial charge in [0.2, 0.25) is 10.0 Å². The molecule has 1 aliphatic rings. The van der Waals surface area contributed by atoms with Gasteiger partial charge < -0.3 is 9.64 Å². The number of hydrogen-bond acceptors (Lipinski definition) is 6. The molecule has 8 heteroatoms. The molecule has 0 radical (unpaired) electrons. The van der Waals surface area contributed by atoms with Gasteiger partial charge in [0.05, 0.1) is 23.6 Å². The summed E-state index contributed by atoms with van der Waals surface area (Å²) in [5.74, 6) is 0.808. The minimum absolute atomic E-state index is 0.0794. The topological polar surface area (TPSA) is 62.7 Å². The third-order valence-electron chi connectivity index (χ3n) is 4.36. The van der Waals surface area contributed by atoms with Crippen molar-refractivity contribution in [3.63, 3.8) is 0 Å². The van der Waals surface area contributed by atoms with Gasteiger partial charge in [-0.2, -0.15) is 0 Å². The van der Waals surface area contributed by atoms with E-state index in [1.807, 2.05) is 18.2 Å². The van der Waals surface area contributed by atoms with E-state index in [1.54, 1.807) is 25.5 Å². The van der Waals surface area contributed by atoms with Crippen LogP contribution in [-0.2, 0) is 10.0 Å². The zero-order chi connectivity index (χ0) is 16.6. The first-order chi connectivity index (χ1) is 10.9. The summed E-state index contributed by atoms with van der Waals surface area (Å²) in [6, 6.07) is 5.99. The van der Waals surface area contributed by atoms with Gasteiger partial charge in [-0.3, -0.25) is 0 Å². The van der Waals surface area contributed by atoms with Crippen LogP contribution in [0.25, 0.3) is 10.2 Å². The molecule has 0 saturated carbocycles. The highest BCUT2D eigenvalue weighted by Gasteiger charge is 2.28. The number of piperidine rings is 1. The minimum atomic E-state index is -3.12. The van der Waals surface area contributed by atoms with Crippen LogP contribution in [0.15, 0.2) is 18.2 Å². The Kier molecular flexibility index (Phi) is 4.48. The molecule has 0 atom stereocenters. The third kappa shape index (κ3) is 3.44. The molecule has 3 rings (SSSR count). The molecule has 6 nitrogen and oxygen atoms in total. The minimum Gasteiger partial charge on any atom is -0.497 e. The van der Waals surface area contributed by atoms with Crippen LogP contribution in [0.1, 0.15) is 12.8 Å². The largest absolute Gasteiger partial charge is 0.497 e. The maximum atomic E-state index is 11.7. The van der Waals surface area contributed by atoms with Crippen molar-refractivity contribution in [1.29, 1.82) is 0 Å². The zero-order valence-electron chi connectivity index (χ0n) is 13.5. The Bertz CT molecular complexity index is 795. The van der Waals surface area contributed by atoms with Crippen molar-refractivity contribution < 1.29 is 13.2 Å². The van der Waals surface area contributed by atoms with E-state index in [1.165, 1.54) is 10.6 Å². The van der Waals surface area contributed by atoms with Gasteiger partial charge in [-0.25, -0.2) is 17.7 Å². The van der Waals surface area contributed by atoms with Crippen molar-refractivity contribution in [3.8, 4) is 5.75 Å². The summed E-state index contributed by atoms with van der Waals surface area (Å²) in [7, 11) is 0.192. The third-order valence-corrected chi connectivity index (χ3v) is 6.80. The van der Waals surface area contributed by atoms with Crippen LogP contribution in [-0.4, -0.2) is 57.3 Å². The standard InChI is InChI=1S/C15H21N3O3S2/c1-17(23(3,19)20)11-6-8-18(9-7-11)15-16-13-10-12(21-2)4-5-14(13)22-15/h4-5,10-11H,6-9H2,1-3H3. The van der Waals surface area contributed by atoms with Crippen molar-refractivity contribution in [1.82, 2.24) is 9.29 Å². The van der Waals surface area contributed by atoms with Gasteiger partial charge in [0, 0.05) is 32.2 Å². The van der Waals surface area contributed by atoms with E-state index < -0.39 is 10.0 Å². The summed E-state index contributed by atoms with van der Waals surface area (Å²) in [6.07, 6.45) is 2.91. The Labute approximate surface area is 140 Å². The van der Waals surface area contributed by atoms with Crippen LogP contribution in [0.3, 0.4) is 0 Å². The molecular formula is C15H21N3O3S2. The molecule has 0 bridgehead atoms. The Hall–Kier alpha value is -1.38. The first kappa shape index (κ1) is 16.5. The fourth-order valence-electron chi connectivity index (χ4n) is 2.85. The van der Waals surface area contributed by atoms with Crippen LogP contribution in [0.2, 0.25) is 0 Å². The number of aromatic nitrogens is 1. The van der Waals surface area contributed by atoms with Crippen molar-refractivity contribution in [2.75, 3.05) is 38.4 Å². The molecule has 0 aliphatic carbocycles. The number of anilines is 1. The number of hydrogen-bond donors (Lipinski definition) is 0. The maximum absolute atomic E-state index is 11.7. The van der Waals surface area contributed by atoms with Crippen LogP contribution in [0, 0.1) is 0 Å². The second-order valence-electron chi connectivity index (χ2n) is 5.83. The number of ether oxygens (including phenoxy) is 1. The molecule has 0 unspecified atom stereocenters. The van der Waals surface area contributed by atoms with Crippen molar-refractivity contribution in [3.05, 3.63) is 18.2 Å². The number of benzene rings is 1. The highest BCUT2D eigenvalue weighted by atomic mass is 32.2. The van der Waals surface area contributed by atoms with Gasteiger partial charge in [0.25, 0.3) is 0 Å². The fraction of sp³-hybridized carbons (Fsp3) is 0.533. The first-order valence-electron chi connectivity index (χ1n) is 7.51. The quantitative estimate of drug-likeness (QED) is 0.841.